The largest absolute Gasteiger partial charge is 0.493 e. The van der Waals surface area contributed by atoms with E-state index in [-0.39, 0.29) is 18.2 Å². The molecule has 0 unspecified atom stereocenters. The van der Waals surface area contributed by atoms with E-state index < -0.39 is 6.04 Å². The molecule has 7 nitrogen and oxygen atoms in total. The van der Waals surface area contributed by atoms with Gasteiger partial charge in [0.05, 0.1) is 37.4 Å². The molecule has 0 aromatic heterocycles. The molecule has 0 spiro atoms. The summed E-state index contributed by atoms with van der Waals surface area (Å²) < 4.78 is 11.3. The number of hydrogen-bond acceptors (Lipinski definition) is 5. The third-order valence-electron chi connectivity index (χ3n) is 4.79. The molecule has 0 heterocycles. The highest BCUT2D eigenvalue weighted by Gasteiger charge is 2.19. The topological polar surface area (TPSA) is 89.0 Å². The molecule has 0 aliphatic rings. The second-order valence-corrected chi connectivity index (χ2v) is 7.89. The quantitative estimate of drug-likeness (QED) is 0.328. The number of halogens is 1. The van der Waals surface area contributed by atoms with E-state index in [1.165, 1.54) is 6.21 Å². The second-order valence-electron chi connectivity index (χ2n) is 7.04. The first kappa shape index (κ1) is 24.0. The van der Waals surface area contributed by atoms with Crippen molar-refractivity contribution < 1.29 is 19.1 Å². The maximum atomic E-state index is 12.7. The molecule has 0 bridgehead atoms. The number of benzene rings is 3. The van der Waals surface area contributed by atoms with Gasteiger partial charge in [-0.3, -0.25) is 9.59 Å². The van der Waals surface area contributed by atoms with E-state index >= 15 is 0 Å². The Morgan fingerprint density at radius 2 is 1.67 bits per heavy atom. The number of carbonyl (C=O) groups is 2. The van der Waals surface area contributed by atoms with Crippen LogP contribution in [0.5, 0.6) is 11.5 Å². The van der Waals surface area contributed by atoms with Gasteiger partial charge in [-0.25, -0.2) is 5.43 Å². The average Bonchev–Trinajstić information content (AvgIpc) is 2.84. The number of carbonyl (C=O) groups excluding carboxylic acids is 2. The molecule has 0 aliphatic heterocycles. The van der Waals surface area contributed by atoms with Gasteiger partial charge in [-0.05, 0) is 51.3 Å². The third kappa shape index (κ3) is 6.66. The zero-order valence-corrected chi connectivity index (χ0v) is 19.8. The fraction of sp³-hybridized carbons (Fsp3) is 0.160. The minimum atomic E-state index is -0.510. The van der Waals surface area contributed by atoms with E-state index in [4.69, 9.17) is 9.47 Å². The molecule has 3 rings (SSSR count). The molecule has 2 N–H and O–H groups in total. The van der Waals surface area contributed by atoms with Crippen molar-refractivity contribution in [2.75, 3.05) is 14.2 Å². The SMILES string of the molecule is COc1cc(/C=N\NC(=O)C[C@@H](NC(=O)c2ccccc2)c2ccccc2)cc(Br)c1OC. The molecular formula is C25H24BrN3O4. The van der Waals surface area contributed by atoms with Crippen LogP contribution in [0.15, 0.2) is 82.4 Å². The summed E-state index contributed by atoms with van der Waals surface area (Å²) in [5.41, 5.74) is 4.57. The highest BCUT2D eigenvalue weighted by atomic mass is 79.9. The van der Waals surface area contributed by atoms with Crippen LogP contribution in [0.1, 0.15) is 33.9 Å². The average molecular weight is 510 g/mol. The van der Waals surface area contributed by atoms with Gasteiger partial charge in [-0.15, -0.1) is 0 Å². The Bertz CT molecular complexity index is 1120. The smallest absolute Gasteiger partial charge is 0.251 e. The number of nitrogens with one attached hydrogen (secondary N) is 2. The summed E-state index contributed by atoms with van der Waals surface area (Å²) in [6.45, 7) is 0. The summed E-state index contributed by atoms with van der Waals surface area (Å²) in [5, 5.41) is 6.98. The van der Waals surface area contributed by atoms with E-state index in [0.717, 1.165) is 5.56 Å². The number of nitrogens with zero attached hydrogens (tertiary/aromatic N) is 1. The van der Waals surface area contributed by atoms with Gasteiger partial charge >= 0.3 is 0 Å². The van der Waals surface area contributed by atoms with Crippen molar-refractivity contribution in [3.8, 4) is 11.5 Å². The summed E-state index contributed by atoms with van der Waals surface area (Å²) in [4.78, 5) is 25.2. The van der Waals surface area contributed by atoms with E-state index in [0.29, 0.717) is 27.1 Å². The fourth-order valence-corrected chi connectivity index (χ4v) is 3.81. The van der Waals surface area contributed by atoms with Gasteiger partial charge in [0.25, 0.3) is 5.91 Å². The van der Waals surface area contributed by atoms with Crippen LogP contribution in [0.2, 0.25) is 0 Å². The Kier molecular flexibility index (Phi) is 8.60. The highest BCUT2D eigenvalue weighted by molar-refractivity contribution is 9.10. The lowest BCUT2D eigenvalue weighted by Gasteiger charge is -2.18. The third-order valence-corrected chi connectivity index (χ3v) is 5.38. The van der Waals surface area contributed by atoms with Gasteiger partial charge in [0.15, 0.2) is 11.5 Å². The first-order valence-electron chi connectivity index (χ1n) is 10.2. The van der Waals surface area contributed by atoms with Gasteiger partial charge in [0.2, 0.25) is 5.91 Å². The van der Waals surface area contributed by atoms with Crippen LogP contribution in [0.3, 0.4) is 0 Å². The number of hydrogen-bond donors (Lipinski definition) is 2. The van der Waals surface area contributed by atoms with Crippen molar-refractivity contribution >= 4 is 34.0 Å². The summed E-state index contributed by atoms with van der Waals surface area (Å²) in [7, 11) is 3.09. The minimum absolute atomic E-state index is 0.0234. The van der Waals surface area contributed by atoms with Crippen LogP contribution < -0.4 is 20.2 Å². The van der Waals surface area contributed by atoms with E-state index in [1.807, 2.05) is 36.4 Å². The fourth-order valence-electron chi connectivity index (χ4n) is 3.19. The summed E-state index contributed by atoms with van der Waals surface area (Å²) in [6.07, 6.45) is 1.53. The zero-order valence-electron chi connectivity index (χ0n) is 18.2. The second kappa shape index (κ2) is 11.8. The Morgan fingerprint density at radius 1 is 1.00 bits per heavy atom. The first-order chi connectivity index (χ1) is 16.0. The van der Waals surface area contributed by atoms with Crippen molar-refractivity contribution in [2.24, 2.45) is 5.10 Å². The van der Waals surface area contributed by atoms with Crippen LogP contribution in [-0.2, 0) is 4.79 Å². The molecule has 0 fully saturated rings. The minimum Gasteiger partial charge on any atom is -0.493 e. The number of methoxy groups -OCH3 is 2. The van der Waals surface area contributed by atoms with Crippen molar-refractivity contribution in [2.45, 2.75) is 12.5 Å². The molecule has 0 saturated heterocycles. The molecule has 0 radical (unpaired) electrons. The first-order valence-corrected chi connectivity index (χ1v) is 11.0. The summed E-state index contributed by atoms with van der Waals surface area (Å²) >= 11 is 3.43. The Balaban J connectivity index is 1.68. The van der Waals surface area contributed by atoms with Gasteiger partial charge < -0.3 is 14.8 Å². The maximum absolute atomic E-state index is 12.7. The van der Waals surface area contributed by atoms with Crippen LogP contribution in [-0.4, -0.2) is 32.2 Å². The monoisotopic (exact) mass is 509 g/mol. The van der Waals surface area contributed by atoms with E-state index in [2.05, 4.69) is 31.8 Å². The van der Waals surface area contributed by atoms with Crippen molar-refractivity contribution in [3.63, 3.8) is 0 Å². The van der Waals surface area contributed by atoms with Crippen molar-refractivity contribution in [3.05, 3.63) is 94.0 Å². The molecule has 3 aromatic carbocycles. The molecule has 33 heavy (non-hydrogen) atoms. The van der Waals surface area contributed by atoms with Gasteiger partial charge in [0.1, 0.15) is 0 Å². The van der Waals surface area contributed by atoms with Gasteiger partial charge in [0, 0.05) is 5.56 Å². The lowest BCUT2D eigenvalue weighted by molar-refractivity contribution is -0.121. The molecule has 0 saturated carbocycles. The van der Waals surface area contributed by atoms with Crippen LogP contribution in [0, 0.1) is 0 Å². The molecule has 170 valence electrons. The molecule has 3 aromatic rings. The normalized spacial score (nSPS) is 11.6. The predicted octanol–water partition coefficient (Wildman–Crippen LogP) is 4.48. The Labute approximate surface area is 200 Å². The molecule has 2 amide bonds. The van der Waals surface area contributed by atoms with Crippen molar-refractivity contribution in [1.29, 1.82) is 0 Å². The molecule has 8 heteroatoms. The van der Waals surface area contributed by atoms with Crippen LogP contribution in [0.25, 0.3) is 0 Å². The number of rotatable bonds is 9. The predicted molar refractivity (Wildman–Crippen MR) is 131 cm³/mol. The van der Waals surface area contributed by atoms with Crippen LogP contribution in [0.4, 0.5) is 0 Å². The Hall–Kier alpha value is -3.65. The van der Waals surface area contributed by atoms with Crippen LogP contribution >= 0.6 is 15.9 Å². The standard InChI is InChI=1S/C25H24BrN3O4/c1-32-22-14-17(13-20(26)24(22)33-2)16-27-29-23(30)15-21(18-9-5-3-6-10-18)28-25(31)19-11-7-4-8-12-19/h3-14,16,21H,15H2,1-2H3,(H,28,31)(H,29,30)/b27-16-/t21-/m1/s1. The molecular weight excluding hydrogens is 486 g/mol. The van der Waals surface area contributed by atoms with E-state index in [1.54, 1.807) is 50.6 Å². The molecule has 0 aliphatic carbocycles. The number of hydrazone groups is 1. The van der Waals surface area contributed by atoms with Crippen molar-refractivity contribution in [1.82, 2.24) is 10.7 Å². The lowest BCUT2D eigenvalue weighted by Crippen LogP contribution is -2.32. The Morgan fingerprint density at radius 3 is 2.30 bits per heavy atom. The molecule has 1 atom stereocenters. The number of ether oxygens (including phenoxy) is 2. The summed E-state index contributed by atoms with van der Waals surface area (Å²) in [6, 6.07) is 21.2. The number of amides is 2. The highest BCUT2D eigenvalue weighted by Crippen LogP contribution is 2.35. The zero-order chi connectivity index (χ0) is 23.6. The van der Waals surface area contributed by atoms with Gasteiger partial charge in [-0.2, -0.15) is 5.10 Å². The lowest BCUT2D eigenvalue weighted by atomic mass is 10.0. The van der Waals surface area contributed by atoms with E-state index in [9.17, 15) is 9.59 Å². The maximum Gasteiger partial charge on any atom is 0.251 e. The summed E-state index contributed by atoms with van der Waals surface area (Å²) in [5.74, 6) is 0.509. The van der Waals surface area contributed by atoms with Gasteiger partial charge in [-0.1, -0.05) is 48.5 Å².